The van der Waals surface area contributed by atoms with Crippen LogP contribution >= 0.6 is 0 Å². The van der Waals surface area contributed by atoms with Gasteiger partial charge in [0.05, 0.1) is 19.9 Å². The fraction of sp³-hybridized carbons (Fsp3) is 0.200. The second kappa shape index (κ2) is 11.1. The molecular weight excluding hydrogens is 464 g/mol. The molecule has 2 heterocycles. The molecular formula is C25H26N6O5. The molecule has 0 aliphatic heterocycles. The van der Waals surface area contributed by atoms with Crippen LogP contribution in [0, 0.1) is 0 Å². The normalized spacial score (nSPS) is 10.5. The van der Waals surface area contributed by atoms with Crippen LogP contribution in [0.4, 0.5) is 11.4 Å². The number of para-hydroxylation sites is 2. The van der Waals surface area contributed by atoms with Gasteiger partial charge in [0, 0.05) is 24.6 Å². The maximum Gasteiger partial charge on any atom is 0.278 e. The lowest BCUT2D eigenvalue weighted by Gasteiger charge is -2.13. The van der Waals surface area contributed by atoms with Gasteiger partial charge in [-0.25, -0.2) is 4.68 Å². The van der Waals surface area contributed by atoms with Crippen LogP contribution in [0.2, 0.25) is 0 Å². The largest absolute Gasteiger partial charge is 0.493 e. The van der Waals surface area contributed by atoms with Gasteiger partial charge < -0.3 is 24.8 Å². The monoisotopic (exact) mass is 490 g/mol. The van der Waals surface area contributed by atoms with E-state index in [-0.39, 0.29) is 23.8 Å². The first-order valence-corrected chi connectivity index (χ1v) is 11.1. The molecule has 2 aromatic heterocycles. The molecule has 2 N–H and O–H groups in total. The number of ether oxygens (including phenoxy) is 3. The topological polar surface area (TPSA) is 122 Å². The molecule has 0 saturated carbocycles. The van der Waals surface area contributed by atoms with Gasteiger partial charge >= 0.3 is 0 Å². The highest BCUT2D eigenvalue weighted by Crippen LogP contribution is 2.36. The average molecular weight is 491 g/mol. The highest BCUT2D eigenvalue weighted by atomic mass is 16.5. The fourth-order valence-corrected chi connectivity index (χ4v) is 3.39. The number of carbonyl (C=O) groups excluding carboxylic acids is 2. The van der Waals surface area contributed by atoms with Gasteiger partial charge in [-0.05, 0) is 37.3 Å². The Labute approximate surface area is 207 Å². The van der Waals surface area contributed by atoms with Crippen molar-refractivity contribution in [1.82, 2.24) is 19.6 Å². The van der Waals surface area contributed by atoms with Crippen molar-refractivity contribution in [3.05, 3.63) is 78.4 Å². The van der Waals surface area contributed by atoms with Crippen molar-refractivity contribution in [3.63, 3.8) is 0 Å². The summed E-state index contributed by atoms with van der Waals surface area (Å²) in [6.07, 6.45) is 3.21. The molecule has 0 spiro atoms. The van der Waals surface area contributed by atoms with Gasteiger partial charge in [0.25, 0.3) is 11.8 Å². The van der Waals surface area contributed by atoms with Crippen molar-refractivity contribution < 1.29 is 23.8 Å². The number of carbonyl (C=O) groups is 2. The molecule has 0 saturated heterocycles. The van der Waals surface area contributed by atoms with E-state index in [2.05, 4.69) is 20.8 Å². The third-order valence-corrected chi connectivity index (χ3v) is 5.18. The van der Waals surface area contributed by atoms with Crippen LogP contribution in [0.3, 0.4) is 0 Å². The lowest BCUT2D eigenvalue weighted by Crippen LogP contribution is -2.18. The molecule has 11 nitrogen and oxygen atoms in total. The molecule has 0 aliphatic rings. The van der Waals surface area contributed by atoms with Gasteiger partial charge in [0.15, 0.2) is 29.6 Å². The number of aromatic nitrogens is 4. The van der Waals surface area contributed by atoms with E-state index in [1.807, 2.05) is 25.1 Å². The van der Waals surface area contributed by atoms with Crippen LogP contribution in [0.1, 0.15) is 27.9 Å². The van der Waals surface area contributed by atoms with E-state index in [9.17, 15) is 9.59 Å². The van der Waals surface area contributed by atoms with Crippen molar-refractivity contribution >= 4 is 23.2 Å². The highest BCUT2D eigenvalue weighted by Gasteiger charge is 2.20. The zero-order valence-electron chi connectivity index (χ0n) is 20.1. The summed E-state index contributed by atoms with van der Waals surface area (Å²) in [4.78, 5) is 25.7. The third-order valence-electron chi connectivity index (χ3n) is 5.18. The lowest BCUT2D eigenvalue weighted by molar-refractivity contribution is 0.102. The SMILES string of the molecule is CCn1cc(NC(=O)c2ccn(COc3c(OC)cccc3OC)n2)c(C(=O)Nc2ccccc2)n1. The lowest BCUT2D eigenvalue weighted by atomic mass is 10.3. The van der Waals surface area contributed by atoms with E-state index in [1.165, 1.54) is 18.9 Å². The van der Waals surface area contributed by atoms with Crippen LogP contribution < -0.4 is 24.8 Å². The van der Waals surface area contributed by atoms with E-state index in [0.29, 0.717) is 29.5 Å². The van der Waals surface area contributed by atoms with Gasteiger partial charge in [-0.3, -0.25) is 14.3 Å². The number of methoxy groups -OCH3 is 2. The number of rotatable bonds is 10. The second-order valence-corrected chi connectivity index (χ2v) is 7.53. The Morgan fingerprint density at radius 2 is 1.58 bits per heavy atom. The zero-order chi connectivity index (χ0) is 25.5. The van der Waals surface area contributed by atoms with E-state index in [0.717, 1.165) is 0 Å². The first-order valence-electron chi connectivity index (χ1n) is 11.1. The molecule has 2 amide bonds. The number of anilines is 2. The van der Waals surface area contributed by atoms with Crippen LogP contribution in [-0.2, 0) is 13.3 Å². The summed E-state index contributed by atoms with van der Waals surface area (Å²) >= 11 is 0. The molecule has 4 aromatic rings. The maximum absolute atomic E-state index is 12.9. The Balaban J connectivity index is 1.45. The number of aryl methyl sites for hydroxylation is 1. The van der Waals surface area contributed by atoms with Gasteiger partial charge in [0.2, 0.25) is 5.75 Å². The van der Waals surface area contributed by atoms with Crippen LogP contribution in [-0.4, -0.2) is 45.6 Å². The van der Waals surface area contributed by atoms with Gasteiger partial charge in [-0.1, -0.05) is 24.3 Å². The standard InChI is InChI=1S/C25H26N6O5/c1-4-30-15-19(22(29-30)25(33)26-17-9-6-5-7-10-17)27-24(32)18-13-14-31(28-18)16-36-23-20(34-2)11-8-12-21(23)35-3/h5-15H,4,16H2,1-3H3,(H,26,33)(H,27,32). The average Bonchev–Trinajstić information content (AvgIpc) is 3.55. The van der Waals surface area contributed by atoms with Crippen LogP contribution in [0.25, 0.3) is 0 Å². The molecule has 36 heavy (non-hydrogen) atoms. The van der Waals surface area contributed by atoms with Crippen molar-refractivity contribution in [2.24, 2.45) is 0 Å². The summed E-state index contributed by atoms with van der Waals surface area (Å²) in [5.74, 6) is 0.508. The molecule has 0 radical (unpaired) electrons. The predicted molar refractivity (Wildman–Crippen MR) is 133 cm³/mol. The molecule has 0 fully saturated rings. The van der Waals surface area contributed by atoms with E-state index in [4.69, 9.17) is 14.2 Å². The number of benzene rings is 2. The van der Waals surface area contributed by atoms with Crippen molar-refractivity contribution in [3.8, 4) is 17.2 Å². The molecule has 4 rings (SSSR count). The Morgan fingerprint density at radius 3 is 2.25 bits per heavy atom. The first-order chi connectivity index (χ1) is 17.5. The Bertz CT molecular complexity index is 1330. The minimum atomic E-state index is -0.493. The maximum atomic E-state index is 12.9. The molecule has 186 valence electrons. The summed E-state index contributed by atoms with van der Waals surface area (Å²) in [5.41, 5.74) is 1.14. The summed E-state index contributed by atoms with van der Waals surface area (Å²) in [5, 5.41) is 14.1. The number of nitrogens with one attached hydrogen (secondary N) is 2. The Morgan fingerprint density at radius 1 is 0.861 bits per heavy atom. The summed E-state index contributed by atoms with van der Waals surface area (Å²) < 4.78 is 19.5. The van der Waals surface area contributed by atoms with Gasteiger partial charge in [-0.2, -0.15) is 10.2 Å². The van der Waals surface area contributed by atoms with Crippen LogP contribution in [0.5, 0.6) is 17.2 Å². The summed E-state index contributed by atoms with van der Waals surface area (Å²) in [7, 11) is 3.07. The Kier molecular flexibility index (Phi) is 7.49. The van der Waals surface area contributed by atoms with Gasteiger partial charge in [-0.15, -0.1) is 0 Å². The second-order valence-electron chi connectivity index (χ2n) is 7.53. The fourth-order valence-electron chi connectivity index (χ4n) is 3.39. The zero-order valence-corrected chi connectivity index (χ0v) is 20.1. The van der Waals surface area contributed by atoms with Crippen LogP contribution in [0.15, 0.2) is 67.0 Å². The number of nitrogens with zero attached hydrogens (tertiary/aromatic N) is 4. The van der Waals surface area contributed by atoms with Crippen molar-refractivity contribution in [2.45, 2.75) is 20.2 Å². The number of amides is 2. The van der Waals surface area contributed by atoms with Crippen molar-refractivity contribution in [1.29, 1.82) is 0 Å². The minimum Gasteiger partial charge on any atom is -0.493 e. The number of hydrogen-bond donors (Lipinski definition) is 2. The smallest absolute Gasteiger partial charge is 0.278 e. The molecule has 0 aliphatic carbocycles. The van der Waals surface area contributed by atoms with E-state index < -0.39 is 11.8 Å². The molecule has 2 aromatic carbocycles. The minimum absolute atomic E-state index is 0.0164. The first kappa shape index (κ1) is 24.3. The van der Waals surface area contributed by atoms with Crippen molar-refractivity contribution in [2.75, 3.05) is 24.9 Å². The Hall–Kier alpha value is -4.80. The highest BCUT2D eigenvalue weighted by molar-refractivity contribution is 6.11. The number of hydrogen-bond acceptors (Lipinski definition) is 7. The summed E-state index contributed by atoms with van der Waals surface area (Å²) in [6, 6.07) is 15.8. The van der Waals surface area contributed by atoms with E-state index >= 15 is 0 Å². The molecule has 0 atom stereocenters. The van der Waals surface area contributed by atoms with Gasteiger partial charge in [0.1, 0.15) is 0 Å². The molecule has 0 bridgehead atoms. The molecule has 11 heteroatoms. The quantitative estimate of drug-likeness (QED) is 0.348. The predicted octanol–water partition coefficient (Wildman–Crippen LogP) is 3.66. The summed E-state index contributed by atoms with van der Waals surface area (Å²) in [6.45, 7) is 2.43. The third kappa shape index (κ3) is 5.46. The molecule has 0 unspecified atom stereocenters. The van der Waals surface area contributed by atoms with E-state index in [1.54, 1.807) is 53.5 Å².